The van der Waals surface area contributed by atoms with Crippen molar-refractivity contribution in [3.63, 3.8) is 0 Å². The van der Waals surface area contributed by atoms with Crippen molar-refractivity contribution in [1.29, 1.82) is 0 Å². The average molecular weight is 517 g/mol. The van der Waals surface area contributed by atoms with E-state index in [4.69, 9.17) is 9.57 Å². The average Bonchev–Trinajstić information content (AvgIpc) is 3.43. The van der Waals surface area contributed by atoms with Gasteiger partial charge in [-0.3, -0.25) is 15.1 Å². The third-order valence-electron chi connectivity index (χ3n) is 5.10. The molecule has 0 bridgehead atoms. The zero-order chi connectivity index (χ0) is 23.2. The Hall–Kier alpha value is -3.37. The molecule has 3 aromatic rings. The Morgan fingerprint density at radius 3 is 2.76 bits per heavy atom. The molecule has 2 heterocycles. The van der Waals surface area contributed by atoms with Gasteiger partial charge >= 0.3 is 6.09 Å². The number of benzene rings is 2. The molecule has 2 unspecified atom stereocenters. The number of aromatic nitrogens is 1. The van der Waals surface area contributed by atoms with Crippen LogP contribution in [-0.4, -0.2) is 35.7 Å². The normalized spacial score (nSPS) is 16.1. The van der Waals surface area contributed by atoms with Gasteiger partial charge in [0, 0.05) is 23.5 Å². The molecule has 8 nitrogen and oxygen atoms in total. The van der Waals surface area contributed by atoms with Gasteiger partial charge in [0.15, 0.2) is 0 Å². The van der Waals surface area contributed by atoms with Gasteiger partial charge in [0.25, 0.3) is 0 Å². The van der Waals surface area contributed by atoms with Gasteiger partial charge in [-0.05, 0) is 45.3 Å². The summed E-state index contributed by atoms with van der Waals surface area (Å²) in [6, 6.07) is 12.9. The molecule has 2 atom stereocenters. The summed E-state index contributed by atoms with van der Waals surface area (Å²) in [6.45, 7) is 0.240. The van der Waals surface area contributed by atoms with E-state index < -0.39 is 23.9 Å². The lowest BCUT2D eigenvalue weighted by Gasteiger charge is -2.19. The minimum absolute atomic E-state index is 0.0587. The Bertz CT molecular complexity index is 1170. The molecule has 0 aliphatic carbocycles. The van der Waals surface area contributed by atoms with E-state index in [0.717, 1.165) is 5.56 Å². The Morgan fingerprint density at radius 2 is 2.00 bits per heavy atom. The van der Waals surface area contributed by atoms with Crippen LogP contribution in [0.3, 0.4) is 0 Å². The van der Waals surface area contributed by atoms with Gasteiger partial charge in [-0.2, -0.15) is 0 Å². The topological polar surface area (TPSA) is 104 Å². The van der Waals surface area contributed by atoms with Crippen LogP contribution in [0.1, 0.15) is 11.1 Å². The number of carbonyl (C=O) groups excluding carboxylic acids is 2. The van der Waals surface area contributed by atoms with E-state index in [-0.39, 0.29) is 25.7 Å². The van der Waals surface area contributed by atoms with E-state index in [9.17, 15) is 14.0 Å². The molecule has 4 N–H and O–H groups in total. The predicted octanol–water partition coefficient (Wildman–Crippen LogP) is 3.40. The first-order valence-corrected chi connectivity index (χ1v) is 11.1. The number of hydrogen-bond acceptors (Lipinski definition) is 5. The zero-order valence-corrected chi connectivity index (χ0v) is 19.0. The van der Waals surface area contributed by atoms with E-state index >= 15 is 0 Å². The Morgan fingerprint density at radius 1 is 1.18 bits per heavy atom. The fourth-order valence-corrected chi connectivity index (χ4v) is 3.88. The van der Waals surface area contributed by atoms with Crippen molar-refractivity contribution in [1.82, 2.24) is 21.1 Å². The lowest BCUT2D eigenvalue weighted by Crippen LogP contribution is -2.49. The van der Waals surface area contributed by atoms with E-state index in [1.807, 2.05) is 30.3 Å². The van der Waals surface area contributed by atoms with Gasteiger partial charge in [-0.25, -0.2) is 9.18 Å². The van der Waals surface area contributed by atoms with Crippen molar-refractivity contribution in [3.8, 4) is 0 Å². The number of nitrogens with one attached hydrogen (secondary N) is 4. The Balaban J connectivity index is 1.45. The monoisotopic (exact) mass is 516 g/mol. The van der Waals surface area contributed by atoms with E-state index in [2.05, 4.69) is 37.0 Å². The summed E-state index contributed by atoms with van der Waals surface area (Å²) in [5.74, 6) is -0.854. The zero-order valence-electron chi connectivity index (χ0n) is 17.4. The number of carbonyl (C=O) groups is 2. The first-order chi connectivity index (χ1) is 16.0. The fraction of sp³-hybridized carbons (Fsp3) is 0.217. The van der Waals surface area contributed by atoms with Crippen molar-refractivity contribution in [2.45, 2.75) is 25.2 Å². The lowest BCUT2D eigenvalue weighted by atomic mass is 10.0. The second-order valence-corrected chi connectivity index (χ2v) is 8.31. The van der Waals surface area contributed by atoms with Crippen LogP contribution in [0.4, 0.5) is 9.18 Å². The third kappa shape index (κ3) is 5.91. The summed E-state index contributed by atoms with van der Waals surface area (Å²) in [4.78, 5) is 33.7. The minimum Gasteiger partial charge on any atom is -0.445 e. The third-order valence-corrected chi connectivity index (χ3v) is 5.53. The van der Waals surface area contributed by atoms with Crippen LogP contribution in [-0.2, 0) is 27.4 Å². The van der Waals surface area contributed by atoms with Crippen LogP contribution < -0.4 is 16.1 Å². The summed E-state index contributed by atoms with van der Waals surface area (Å²) in [5.41, 5.74) is 4.63. The molecule has 2 amide bonds. The van der Waals surface area contributed by atoms with E-state index in [1.165, 1.54) is 6.07 Å². The van der Waals surface area contributed by atoms with Crippen LogP contribution in [0, 0.1) is 5.82 Å². The number of hydroxylamine groups is 1. The maximum absolute atomic E-state index is 14.4. The number of rotatable bonds is 8. The number of fused-ring (bicyclic) bond motifs is 1. The van der Waals surface area contributed by atoms with Gasteiger partial charge in [-0.15, -0.1) is 0 Å². The van der Waals surface area contributed by atoms with E-state index in [1.54, 1.807) is 24.4 Å². The maximum Gasteiger partial charge on any atom is 0.408 e. The summed E-state index contributed by atoms with van der Waals surface area (Å²) in [6.07, 6.45) is 2.33. The molecular formula is C23H22BrFN4O4. The smallest absolute Gasteiger partial charge is 0.408 e. The van der Waals surface area contributed by atoms with Crippen LogP contribution in [0.5, 0.6) is 0 Å². The largest absolute Gasteiger partial charge is 0.445 e. The molecule has 1 aromatic heterocycles. The summed E-state index contributed by atoms with van der Waals surface area (Å²) < 4.78 is 20.4. The number of halogens is 2. The van der Waals surface area contributed by atoms with Crippen molar-refractivity contribution in [3.05, 3.63) is 82.4 Å². The number of hydrogen-bond donors (Lipinski definition) is 4. The molecule has 0 saturated heterocycles. The van der Waals surface area contributed by atoms with Crippen LogP contribution in [0.15, 0.2) is 65.4 Å². The molecule has 2 aromatic carbocycles. The number of alkyl carbamates (subject to hydrolysis) is 1. The molecule has 0 fully saturated rings. The van der Waals surface area contributed by atoms with Gasteiger partial charge < -0.3 is 20.4 Å². The molecule has 0 radical (unpaired) electrons. The first kappa shape index (κ1) is 22.8. The van der Waals surface area contributed by atoms with E-state index in [0.29, 0.717) is 21.1 Å². The van der Waals surface area contributed by atoms with Gasteiger partial charge in [-0.1, -0.05) is 36.4 Å². The molecule has 4 rings (SSSR count). The molecular weight excluding hydrogens is 495 g/mol. The van der Waals surface area contributed by atoms with Crippen LogP contribution in [0.25, 0.3) is 10.9 Å². The maximum atomic E-state index is 14.4. The second kappa shape index (κ2) is 10.5. The SMILES string of the molecule is O=C(NC(Cc1c[nH]c2cccc(F)c12)C(=O)NCC1C=C(Br)NO1)OCc1ccccc1. The second-order valence-electron chi connectivity index (χ2n) is 7.46. The van der Waals surface area contributed by atoms with Gasteiger partial charge in [0.2, 0.25) is 5.91 Å². The molecule has 0 spiro atoms. The molecule has 1 aliphatic heterocycles. The fourth-order valence-electron chi connectivity index (χ4n) is 3.49. The van der Waals surface area contributed by atoms with Crippen LogP contribution in [0.2, 0.25) is 0 Å². The number of aromatic amines is 1. The molecule has 0 saturated carbocycles. The molecule has 172 valence electrons. The number of amides is 2. The molecule has 33 heavy (non-hydrogen) atoms. The highest BCUT2D eigenvalue weighted by atomic mass is 79.9. The Labute approximate surface area is 197 Å². The first-order valence-electron chi connectivity index (χ1n) is 10.3. The Kier molecular flexibility index (Phi) is 7.26. The van der Waals surface area contributed by atoms with Gasteiger partial charge in [0.05, 0.1) is 6.54 Å². The highest BCUT2D eigenvalue weighted by molar-refractivity contribution is 9.11. The molecule has 1 aliphatic rings. The van der Waals surface area contributed by atoms with Crippen LogP contribution >= 0.6 is 15.9 Å². The van der Waals surface area contributed by atoms with Gasteiger partial charge in [0.1, 0.15) is 29.2 Å². The lowest BCUT2D eigenvalue weighted by molar-refractivity contribution is -0.123. The van der Waals surface area contributed by atoms with Crippen molar-refractivity contribution in [2.24, 2.45) is 0 Å². The summed E-state index contributed by atoms with van der Waals surface area (Å²) in [7, 11) is 0. The summed E-state index contributed by atoms with van der Waals surface area (Å²) >= 11 is 3.25. The number of ether oxygens (including phenoxy) is 1. The van der Waals surface area contributed by atoms with Crippen molar-refractivity contribution >= 4 is 38.8 Å². The summed E-state index contributed by atoms with van der Waals surface area (Å²) in [5, 5.41) is 5.74. The highest BCUT2D eigenvalue weighted by Crippen LogP contribution is 2.23. The predicted molar refractivity (Wildman–Crippen MR) is 124 cm³/mol. The minimum atomic E-state index is -0.992. The highest BCUT2D eigenvalue weighted by Gasteiger charge is 2.25. The number of H-pyrrole nitrogens is 1. The van der Waals surface area contributed by atoms with Crippen molar-refractivity contribution < 1.29 is 23.6 Å². The molecule has 10 heteroatoms. The quantitative estimate of drug-likeness (QED) is 0.343. The standard InChI is InChI=1S/C23H22BrFN4O4/c24-20-10-16(33-29-20)12-27-22(30)19(28-23(31)32-13-14-5-2-1-3-6-14)9-15-11-26-18-8-4-7-17(25)21(15)18/h1-8,10-11,16,19,26,29H,9,12-13H2,(H,27,30)(H,28,31). The van der Waals surface area contributed by atoms with Crippen molar-refractivity contribution in [2.75, 3.05) is 6.54 Å².